The molecular formula is C14H12BrFO2. The average Bonchev–Trinajstić information content (AvgIpc) is 2.27. The predicted molar refractivity (Wildman–Crippen MR) is 70.9 cm³/mol. The number of phenols is 1. The Morgan fingerprint density at radius 2 is 1.94 bits per heavy atom. The monoisotopic (exact) mass is 310 g/mol. The smallest absolute Gasteiger partial charge is 0.124 e. The summed E-state index contributed by atoms with van der Waals surface area (Å²) >= 11 is 3.19. The van der Waals surface area contributed by atoms with E-state index in [4.69, 9.17) is 0 Å². The molecule has 0 spiro atoms. The quantitative estimate of drug-likeness (QED) is 0.910. The van der Waals surface area contributed by atoms with Gasteiger partial charge in [-0.3, -0.25) is 0 Å². The zero-order chi connectivity index (χ0) is 13.1. The van der Waals surface area contributed by atoms with Crippen molar-refractivity contribution in [3.63, 3.8) is 0 Å². The number of aliphatic hydroxyl groups excluding tert-OH is 1. The maximum absolute atomic E-state index is 13.2. The third kappa shape index (κ3) is 3.31. The van der Waals surface area contributed by atoms with Crippen LogP contribution in [0.1, 0.15) is 17.2 Å². The second-order valence-corrected chi connectivity index (χ2v) is 5.01. The van der Waals surface area contributed by atoms with E-state index in [0.29, 0.717) is 16.5 Å². The molecule has 0 heterocycles. The lowest BCUT2D eigenvalue weighted by molar-refractivity contribution is 0.178. The summed E-state index contributed by atoms with van der Waals surface area (Å²) in [5.74, 6) is -0.241. The Hall–Kier alpha value is -1.39. The molecule has 2 nitrogen and oxygen atoms in total. The van der Waals surface area contributed by atoms with Crippen LogP contribution in [-0.4, -0.2) is 10.2 Å². The van der Waals surface area contributed by atoms with Crippen LogP contribution in [0.4, 0.5) is 4.39 Å². The van der Waals surface area contributed by atoms with Crippen molar-refractivity contribution in [3.8, 4) is 5.75 Å². The lowest BCUT2D eigenvalue weighted by Crippen LogP contribution is -2.02. The van der Waals surface area contributed by atoms with Crippen LogP contribution < -0.4 is 0 Å². The fourth-order valence-electron chi connectivity index (χ4n) is 1.79. The number of benzene rings is 2. The maximum Gasteiger partial charge on any atom is 0.124 e. The van der Waals surface area contributed by atoms with Gasteiger partial charge in [0.25, 0.3) is 0 Å². The molecular weight excluding hydrogens is 299 g/mol. The van der Waals surface area contributed by atoms with Crippen LogP contribution in [0.15, 0.2) is 46.9 Å². The molecule has 2 N–H and O–H groups in total. The number of hydrogen-bond acceptors (Lipinski definition) is 2. The molecule has 18 heavy (non-hydrogen) atoms. The van der Waals surface area contributed by atoms with Crippen molar-refractivity contribution in [2.24, 2.45) is 0 Å². The van der Waals surface area contributed by atoms with Crippen molar-refractivity contribution in [2.45, 2.75) is 12.5 Å². The first-order chi connectivity index (χ1) is 8.54. The van der Waals surface area contributed by atoms with Gasteiger partial charge < -0.3 is 10.2 Å². The number of phenolic OH excluding ortho intramolecular Hbond substituents is 1. The minimum absolute atomic E-state index is 0.153. The van der Waals surface area contributed by atoms with Crippen molar-refractivity contribution in [1.29, 1.82) is 0 Å². The summed E-state index contributed by atoms with van der Waals surface area (Å²) in [4.78, 5) is 0. The van der Waals surface area contributed by atoms with Crippen LogP contribution in [0, 0.1) is 5.82 Å². The average molecular weight is 311 g/mol. The van der Waals surface area contributed by atoms with Gasteiger partial charge in [0, 0.05) is 10.9 Å². The van der Waals surface area contributed by atoms with Gasteiger partial charge in [0.2, 0.25) is 0 Å². The fraction of sp³-hybridized carbons (Fsp3) is 0.143. The lowest BCUT2D eigenvalue weighted by Gasteiger charge is -2.12. The summed E-state index contributed by atoms with van der Waals surface area (Å²) < 4.78 is 13.8. The topological polar surface area (TPSA) is 40.5 Å². The summed E-state index contributed by atoms with van der Waals surface area (Å²) in [6, 6.07) is 11.0. The minimum Gasteiger partial charge on any atom is -0.508 e. The molecule has 0 amide bonds. The van der Waals surface area contributed by atoms with Crippen molar-refractivity contribution >= 4 is 15.9 Å². The number of rotatable bonds is 3. The number of aliphatic hydroxyl groups is 1. The van der Waals surface area contributed by atoms with Crippen molar-refractivity contribution in [1.82, 2.24) is 0 Å². The van der Waals surface area contributed by atoms with Gasteiger partial charge in [0.1, 0.15) is 11.6 Å². The number of halogens is 2. The molecule has 2 rings (SSSR count). The molecule has 94 valence electrons. The molecule has 0 saturated heterocycles. The Morgan fingerprint density at radius 1 is 1.17 bits per heavy atom. The Balaban J connectivity index is 2.19. The Morgan fingerprint density at radius 3 is 2.61 bits per heavy atom. The normalized spacial score (nSPS) is 12.4. The summed E-state index contributed by atoms with van der Waals surface area (Å²) in [7, 11) is 0. The zero-order valence-electron chi connectivity index (χ0n) is 9.48. The Bertz CT molecular complexity index is 537. The highest BCUT2D eigenvalue weighted by atomic mass is 79.9. The van der Waals surface area contributed by atoms with Crippen LogP contribution in [0.5, 0.6) is 5.75 Å². The van der Waals surface area contributed by atoms with Gasteiger partial charge in [-0.2, -0.15) is 0 Å². The van der Waals surface area contributed by atoms with E-state index < -0.39 is 11.9 Å². The van der Waals surface area contributed by atoms with Gasteiger partial charge >= 0.3 is 0 Å². The van der Waals surface area contributed by atoms with Crippen molar-refractivity contribution < 1.29 is 14.6 Å². The molecule has 0 saturated carbocycles. The van der Waals surface area contributed by atoms with Gasteiger partial charge in [-0.15, -0.1) is 0 Å². The highest BCUT2D eigenvalue weighted by Gasteiger charge is 2.11. The minimum atomic E-state index is -0.807. The SMILES string of the molecule is Oc1cccc(CC(O)c2cc(F)cc(Br)c2)c1. The standard InChI is InChI=1S/C14H12BrFO2/c15-11-6-10(7-12(16)8-11)14(18)5-9-2-1-3-13(17)4-9/h1-4,6-8,14,17-18H,5H2. The summed E-state index contributed by atoms with van der Waals surface area (Å²) in [6.45, 7) is 0. The first kappa shape index (κ1) is 13.1. The van der Waals surface area contributed by atoms with Gasteiger partial charge in [-0.25, -0.2) is 4.39 Å². The van der Waals surface area contributed by atoms with E-state index in [-0.39, 0.29) is 5.75 Å². The molecule has 4 heteroatoms. The fourth-order valence-corrected chi connectivity index (χ4v) is 2.28. The third-order valence-electron chi connectivity index (χ3n) is 2.61. The van der Waals surface area contributed by atoms with Crippen LogP contribution >= 0.6 is 15.9 Å². The highest BCUT2D eigenvalue weighted by molar-refractivity contribution is 9.10. The lowest BCUT2D eigenvalue weighted by atomic mass is 10.0. The second-order valence-electron chi connectivity index (χ2n) is 4.09. The number of hydrogen-bond donors (Lipinski definition) is 2. The van der Waals surface area contributed by atoms with E-state index in [1.54, 1.807) is 30.3 Å². The highest BCUT2D eigenvalue weighted by Crippen LogP contribution is 2.24. The molecule has 0 fully saturated rings. The summed E-state index contributed by atoms with van der Waals surface area (Å²) in [5.41, 5.74) is 1.30. The molecule has 0 aromatic heterocycles. The predicted octanol–water partition coefficient (Wildman–Crippen LogP) is 3.57. The molecule has 0 radical (unpaired) electrons. The van der Waals surface area contributed by atoms with Crippen molar-refractivity contribution in [2.75, 3.05) is 0 Å². The summed E-state index contributed by atoms with van der Waals surface area (Å²) in [6.07, 6.45) is -0.483. The number of aromatic hydroxyl groups is 1. The van der Waals surface area contributed by atoms with E-state index in [2.05, 4.69) is 15.9 Å². The Labute approximate surface area is 113 Å². The van der Waals surface area contributed by atoms with E-state index in [1.807, 2.05) is 0 Å². The van der Waals surface area contributed by atoms with E-state index in [1.165, 1.54) is 12.1 Å². The first-order valence-corrected chi connectivity index (χ1v) is 6.26. The molecule has 0 aliphatic carbocycles. The maximum atomic E-state index is 13.2. The second kappa shape index (κ2) is 5.50. The third-order valence-corrected chi connectivity index (χ3v) is 3.07. The molecule has 0 aliphatic heterocycles. The molecule has 1 unspecified atom stereocenters. The molecule has 2 aromatic rings. The van der Waals surface area contributed by atoms with Gasteiger partial charge in [-0.05, 0) is 41.5 Å². The van der Waals surface area contributed by atoms with Gasteiger partial charge in [0.15, 0.2) is 0 Å². The van der Waals surface area contributed by atoms with Crippen LogP contribution in [0.25, 0.3) is 0 Å². The first-order valence-electron chi connectivity index (χ1n) is 5.46. The molecule has 0 bridgehead atoms. The van der Waals surface area contributed by atoms with Gasteiger partial charge in [0.05, 0.1) is 6.10 Å². The molecule has 1 atom stereocenters. The van der Waals surface area contributed by atoms with Crippen LogP contribution in [0.3, 0.4) is 0 Å². The van der Waals surface area contributed by atoms with Crippen molar-refractivity contribution in [3.05, 3.63) is 63.9 Å². The van der Waals surface area contributed by atoms with Gasteiger partial charge in [-0.1, -0.05) is 28.1 Å². The summed E-state index contributed by atoms with van der Waals surface area (Å²) in [5, 5.41) is 19.4. The van der Waals surface area contributed by atoms with E-state index in [9.17, 15) is 14.6 Å². The van der Waals surface area contributed by atoms with Crippen LogP contribution in [0.2, 0.25) is 0 Å². The Kier molecular flexibility index (Phi) is 3.99. The molecule has 2 aromatic carbocycles. The van der Waals surface area contributed by atoms with E-state index in [0.717, 1.165) is 5.56 Å². The zero-order valence-corrected chi connectivity index (χ0v) is 11.1. The molecule has 0 aliphatic rings. The largest absolute Gasteiger partial charge is 0.508 e. The van der Waals surface area contributed by atoms with Crippen LogP contribution in [-0.2, 0) is 6.42 Å². The van der Waals surface area contributed by atoms with E-state index >= 15 is 0 Å².